The summed E-state index contributed by atoms with van der Waals surface area (Å²) in [5, 5.41) is 16.9. The second-order valence-electron chi connectivity index (χ2n) is 9.24. The molecule has 1 aromatic heterocycles. The summed E-state index contributed by atoms with van der Waals surface area (Å²) >= 11 is 6.24. The van der Waals surface area contributed by atoms with Crippen LogP contribution in [0.25, 0.3) is 5.69 Å². The predicted octanol–water partition coefficient (Wildman–Crippen LogP) is 2.10. The highest BCUT2D eigenvalue weighted by Crippen LogP contribution is 2.30. The first-order chi connectivity index (χ1) is 19.8. The molecule has 2 heterocycles. The molecule has 0 aliphatic carbocycles. The first-order valence-corrected chi connectivity index (χ1v) is 13.0. The largest absolute Gasteiger partial charge is 0.355 e. The van der Waals surface area contributed by atoms with Gasteiger partial charge < -0.3 is 15.5 Å². The molecule has 4 amide bonds. The van der Waals surface area contributed by atoms with Crippen LogP contribution in [0.15, 0.2) is 79.1 Å². The third kappa shape index (κ3) is 6.07. The molecule has 12 nitrogen and oxygen atoms in total. The van der Waals surface area contributed by atoms with Crippen molar-refractivity contribution in [3.8, 4) is 5.69 Å². The minimum absolute atomic E-state index is 0.190. The monoisotopic (exact) mass is 572 g/mol. The number of tetrazole rings is 1. The fourth-order valence-corrected chi connectivity index (χ4v) is 4.74. The Bertz CT molecular complexity index is 1580. The van der Waals surface area contributed by atoms with Crippen molar-refractivity contribution in [3.05, 3.63) is 95.3 Å². The Balaban J connectivity index is 1.41. The number of nitrogens with one attached hydrogen (secondary N) is 2. The molecule has 1 atom stereocenters. The molecule has 13 heteroatoms. The van der Waals surface area contributed by atoms with Crippen LogP contribution in [-0.4, -0.2) is 74.9 Å². The highest BCUT2D eigenvalue weighted by molar-refractivity contribution is 6.31. The summed E-state index contributed by atoms with van der Waals surface area (Å²) in [6, 6.07) is 19.5. The highest BCUT2D eigenvalue weighted by atomic mass is 35.5. The highest BCUT2D eigenvalue weighted by Gasteiger charge is 2.39. The number of aromatic nitrogens is 4. The lowest BCUT2D eigenvalue weighted by molar-refractivity contribution is -0.143. The molecule has 5 rings (SSSR count). The molecule has 2 N–H and O–H groups in total. The van der Waals surface area contributed by atoms with Crippen LogP contribution in [0, 0.1) is 0 Å². The lowest BCUT2D eigenvalue weighted by Crippen LogP contribution is -2.60. The van der Waals surface area contributed by atoms with Crippen molar-refractivity contribution in [2.45, 2.75) is 12.5 Å². The second kappa shape index (κ2) is 12.0. The van der Waals surface area contributed by atoms with E-state index < -0.39 is 23.8 Å². The van der Waals surface area contributed by atoms with E-state index in [1.165, 1.54) is 27.9 Å². The van der Waals surface area contributed by atoms with Gasteiger partial charge in [-0.05, 0) is 58.5 Å². The number of hydrogen-bond donors (Lipinski definition) is 2. The first kappa shape index (κ1) is 27.5. The van der Waals surface area contributed by atoms with Crippen LogP contribution < -0.4 is 15.5 Å². The van der Waals surface area contributed by atoms with E-state index in [2.05, 4.69) is 26.2 Å². The molecule has 1 saturated heterocycles. The minimum Gasteiger partial charge on any atom is -0.355 e. The molecular weight excluding hydrogens is 548 g/mol. The fraction of sp³-hybridized carbons (Fsp3) is 0.179. The minimum atomic E-state index is -0.979. The van der Waals surface area contributed by atoms with Gasteiger partial charge in [0.15, 0.2) is 0 Å². The zero-order valence-electron chi connectivity index (χ0n) is 21.9. The Labute approximate surface area is 239 Å². The molecule has 0 spiro atoms. The van der Waals surface area contributed by atoms with Crippen molar-refractivity contribution in [1.29, 1.82) is 0 Å². The summed E-state index contributed by atoms with van der Waals surface area (Å²) in [4.78, 5) is 55.2. The standard InChI is InChI=1S/C28H25ClN8O4/c1-30-27(40)19-7-10-21(11-8-19)32-28(41)24(13-18-5-3-2-4-6-18)36-16-25(38)35(15-26(36)39)23-14-20(29)9-12-22(23)37-17-31-33-34-37/h2-12,14,17,24H,13,15-16H2,1H3,(H,30,40)(H,32,41). The third-order valence-corrected chi connectivity index (χ3v) is 6.87. The topological polar surface area (TPSA) is 142 Å². The number of halogens is 1. The van der Waals surface area contributed by atoms with E-state index in [0.717, 1.165) is 5.56 Å². The Morgan fingerprint density at radius 3 is 2.39 bits per heavy atom. The molecule has 0 radical (unpaired) electrons. The van der Waals surface area contributed by atoms with E-state index in [4.69, 9.17) is 11.6 Å². The van der Waals surface area contributed by atoms with Crippen molar-refractivity contribution >= 4 is 46.6 Å². The second-order valence-corrected chi connectivity index (χ2v) is 9.68. The number of hydrogen-bond acceptors (Lipinski definition) is 7. The van der Waals surface area contributed by atoms with Crippen molar-refractivity contribution < 1.29 is 19.2 Å². The molecule has 0 saturated carbocycles. The van der Waals surface area contributed by atoms with E-state index in [9.17, 15) is 19.2 Å². The van der Waals surface area contributed by atoms with Gasteiger partial charge in [0.2, 0.25) is 17.7 Å². The number of anilines is 2. The van der Waals surface area contributed by atoms with Gasteiger partial charge in [-0.1, -0.05) is 41.9 Å². The summed E-state index contributed by atoms with van der Waals surface area (Å²) in [5.41, 5.74) is 2.53. The Morgan fingerprint density at radius 1 is 0.951 bits per heavy atom. The molecule has 1 aliphatic rings. The quantitative estimate of drug-likeness (QED) is 0.329. The van der Waals surface area contributed by atoms with Gasteiger partial charge >= 0.3 is 0 Å². The Kier molecular flexibility index (Phi) is 8.01. The van der Waals surface area contributed by atoms with Crippen LogP contribution in [0.1, 0.15) is 15.9 Å². The van der Waals surface area contributed by atoms with Crippen molar-refractivity contribution in [2.24, 2.45) is 0 Å². The number of rotatable bonds is 8. The average Bonchev–Trinajstić information content (AvgIpc) is 3.52. The van der Waals surface area contributed by atoms with Crippen LogP contribution in [0.5, 0.6) is 0 Å². The van der Waals surface area contributed by atoms with E-state index >= 15 is 0 Å². The summed E-state index contributed by atoms with van der Waals surface area (Å²) < 4.78 is 1.37. The molecule has 4 aromatic rings. The molecule has 1 unspecified atom stereocenters. The van der Waals surface area contributed by atoms with E-state index in [1.54, 1.807) is 42.5 Å². The van der Waals surface area contributed by atoms with Crippen molar-refractivity contribution in [1.82, 2.24) is 30.4 Å². The van der Waals surface area contributed by atoms with E-state index in [1.807, 2.05) is 30.3 Å². The number of amides is 4. The number of nitrogens with zero attached hydrogens (tertiary/aromatic N) is 6. The molecule has 1 fully saturated rings. The fourth-order valence-electron chi connectivity index (χ4n) is 4.57. The molecule has 1 aliphatic heterocycles. The van der Waals surface area contributed by atoms with Crippen LogP contribution in [0.3, 0.4) is 0 Å². The lowest BCUT2D eigenvalue weighted by Gasteiger charge is -2.38. The van der Waals surface area contributed by atoms with Crippen LogP contribution in [-0.2, 0) is 20.8 Å². The summed E-state index contributed by atoms with van der Waals surface area (Å²) in [7, 11) is 1.53. The number of carbonyl (C=O) groups is 4. The zero-order chi connectivity index (χ0) is 28.9. The zero-order valence-corrected chi connectivity index (χ0v) is 22.7. The van der Waals surface area contributed by atoms with E-state index in [0.29, 0.717) is 27.6 Å². The summed E-state index contributed by atoms with van der Waals surface area (Å²) in [5.74, 6) is -1.54. The smallest absolute Gasteiger partial charge is 0.251 e. The molecule has 208 valence electrons. The van der Waals surface area contributed by atoms with Crippen LogP contribution in [0.2, 0.25) is 5.02 Å². The number of benzene rings is 3. The van der Waals surface area contributed by atoms with Gasteiger partial charge in [-0.3, -0.25) is 24.1 Å². The van der Waals surface area contributed by atoms with Gasteiger partial charge in [0.1, 0.15) is 25.5 Å². The molecule has 3 aromatic carbocycles. The molecule has 41 heavy (non-hydrogen) atoms. The molecular formula is C28H25ClN8O4. The van der Waals surface area contributed by atoms with Crippen LogP contribution >= 0.6 is 11.6 Å². The van der Waals surface area contributed by atoms with Gasteiger partial charge in [-0.25, -0.2) is 0 Å². The third-order valence-electron chi connectivity index (χ3n) is 6.64. The van der Waals surface area contributed by atoms with Crippen LogP contribution in [0.4, 0.5) is 11.4 Å². The maximum absolute atomic E-state index is 13.6. The normalized spacial score (nSPS) is 14.1. The van der Waals surface area contributed by atoms with E-state index in [-0.39, 0.29) is 25.4 Å². The van der Waals surface area contributed by atoms with Gasteiger partial charge in [0, 0.05) is 29.7 Å². The average molecular weight is 573 g/mol. The predicted molar refractivity (Wildman–Crippen MR) is 151 cm³/mol. The van der Waals surface area contributed by atoms with Crippen molar-refractivity contribution in [2.75, 3.05) is 30.4 Å². The lowest BCUT2D eigenvalue weighted by atomic mass is 10.0. The van der Waals surface area contributed by atoms with Gasteiger partial charge in [0.05, 0.1) is 11.4 Å². The maximum atomic E-state index is 13.6. The summed E-state index contributed by atoms with van der Waals surface area (Å²) in [6.45, 7) is -0.644. The SMILES string of the molecule is CNC(=O)c1ccc(NC(=O)C(Cc2ccccc2)N2CC(=O)N(c3cc(Cl)ccc3-n3cnnn3)CC2=O)cc1. The van der Waals surface area contributed by atoms with Crippen molar-refractivity contribution in [3.63, 3.8) is 0 Å². The number of carbonyl (C=O) groups excluding carboxylic acids is 4. The maximum Gasteiger partial charge on any atom is 0.251 e. The van der Waals surface area contributed by atoms with Gasteiger partial charge in [-0.15, -0.1) is 5.10 Å². The van der Waals surface area contributed by atoms with Gasteiger partial charge in [0.25, 0.3) is 5.91 Å². The molecule has 0 bridgehead atoms. The Hall–Kier alpha value is -5.10. The Morgan fingerprint density at radius 2 is 1.71 bits per heavy atom. The summed E-state index contributed by atoms with van der Waals surface area (Å²) in [6.07, 6.45) is 1.56. The number of piperazine rings is 1. The first-order valence-electron chi connectivity index (χ1n) is 12.6. The van der Waals surface area contributed by atoms with Gasteiger partial charge in [-0.2, -0.15) is 4.68 Å².